The fraction of sp³-hybridized carbons (Fsp3) is 0.294. The van der Waals surface area contributed by atoms with Crippen molar-refractivity contribution in [3.8, 4) is 5.75 Å². The molecule has 0 fully saturated rings. The van der Waals surface area contributed by atoms with E-state index in [1.165, 1.54) is 11.1 Å². The first-order chi connectivity index (χ1) is 9.63. The van der Waals surface area contributed by atoms with Crippen molar-refractivity contribution in [1.82, 2.24) is 0 Å². The molecule has 0 aromatic heterocycles. The average Bonchev–Trinajstić information content (AvgIpc) is 2.47. The van der Waals surface area contributed by atoms with Crippen LogP contribution in [-0.2, 0) is 0 Å². The third kappa shape index (κ3) is 3.54. The fourth-order valence-corrected chi connectivity index (χ4v) is 2.49. The molecule has 0 aliphatic carbocycles. The van der Waals surface area contributed by atoms with E-state index in [0.717, 1.165) is 22.3 Å². The summed E-state index contributed by atoms with van der Waals surface area (Å²) in [5, 5.41) is 3.57. The maximum Gasteiger partial charge on any atom is 0.142 e. The van der Waals surface area contributed by atoms with Crippen LogP contribution in [0.15, 0.2) is 46.9 Å². The fourth-order valence-electron chi connectivity index (χ4n) is 2.22. The van der Waals surface area contributed by atoms with E-state index in [9.17, 15) is 0 Å². The number of methoxy groups -OCH3 is 1. The van der Waals surface area contributed by atoms with Gasteiger partial charge in [-0.25, -0.2) is 0 Å². The van der Waals surface area contributed by atoms with Gasteiger partial charge >= 0.3 is 0 Å². The molecule has 0 bridgehead atoms. The Kier molecular flexibility index (Phi) is 5.07. The quantitative estimate of drug-likeness (QED) is 0.798. The number of ether oxygens (including phenoxy) is 1. The lowest BCUT2D eigenvalue weighted by molar-refractivity contribution is 0.415. The largest absolute Gasteiger partial charge is 0.495 e. The Labute approximate surface area is 129 Å². The van der Waals surface area contributed by atoms with Crippen LogP contribution in [0.4, 0.5) is 5.69 Å². The van der Waals surface area contributed by atoms with Crippen LogP contribution in [0, 0.1) is 6.92 Å². The van der Waals surface area contributed by atoms with Gasteiger partial charge in [0.1, 0.15) is 5.75 Å². The van der Waals surface area contributed by atoms with Gasteiger partial charge in [-0.3, -0.25) is 0 Å². The van der Waals surface area contributed by atoms with Gasteiger partial charge in [0, 0.05) is 4.47 Å². The van der Waals surface area contributed by atoms with E-state index >= 15 is 0 Å². The average molecular weight is 334 g/mol. The van der Waals surface area contributed by atoms with Crippen LogP contribution in [0.2, 0.25) is 0 Å². The molecule has 2 rings (SSSR count). The molecule has 0 heterocycles. The van der Waals surface area contributed by atoms with Crippen molar-refractivity contribution in [2.75, 3.05) is 12.4 Å². The van der Waals surface area contributed by atoms with Crippen molar-refractivity contribution in [3.05, 3.63) is 58.1 Å². The van der Waals surface area contributed by atoms with Crippen molar-refractivity contribution in [3.63, 3.8) is 0 Å². The topological polar surface area (TPSA) is 21.3 Å². The Hall–Kier alpha value is -1.48. The third-order valence-corrected chi connectivity index (χ3v) is 3.90. The number of anilines is 1. The Morgan fingerprint density at radius 1 is 1.15 bits per heavy atom. The van der Waals surface area contributed by atoms with Crippen LogP contribution < -0.4 is 10.1 Å². The molecule has 1 atom stereocenters. The normalized spacial score (nSPS) is 12.0. The SMILES string of the molecule is CCC(Nc1ccc(C)cc1OC)c1ccc(Br)cc1. The van der Waals surface area contributed by atoms with E-state index in [1.54, 1.807) is 7.11 Å². The van der Waals surface area contributed by atoms with Gasteiger partial charge in [-0.05, 0) is 48.7 Å². The van der Waals surface area contributed by atoms with Gasteiger partial charge in [-0.15, -0.1) is 0 Å². The predicted octanol–water partition coefficient (Wildman–Crippen LogP) is 5.33. The van der Waals surface area contributed by atoms with Crippen LogP contribution in [0.3, 0.4) is 0 Å². The molecule has 20 heavy (non-hydrogen) atoms. The monoisotopic (exact) mass is 333 g/mol. The number of nitrogens with one attached hydrogen (secondary N) is 1. The second-order valence-corrected chi connectivity index (χ2v) is 5.78. The second-order valence-electron chi connectivity index (χ2n) is 4.86. The van der Waals surface area contributed by atoms with Crippen molar-refractivity contribution < 1.29 is 4.74 Å². The smallest absolute Gasteiger partial charge is 0.142 e. The van der Waals surface area contributed by atoms with Gasteiger partial charge in [0.05, 0.1) is 18.8 Å². The molecule has 0 amide bonds. The van der Waals surface area contributed by atoms with E-state index in [0.29, 0.717) is 0 Å². The summed E-state index contributed by atoms with van der Waals surface area (Å²) in [6.45, 7) is 4.25. The summed E-state index contributed by atoms with van der Waals surface area (Å²) in [6, 6.07) is 14.9. The van der Waals surface area contributed by atoms with E-state index in [2.05, 4.69) is 77.6 Å². The minimum absolute atomic E-state index is 0.278. The van der Waals surface area contributed by atoms with E-state index in [-0.39, 0.29) is 6.04 Å². The number of hydrogen-bond acceptors (Lipinski definition) is 2. The molecule has 2 aromatic rings. The highest BCUT2D eigenvalue weighted by Crippen LogP contribution is 2.30. The zero-order valence-corrected chi connectivity index (χ0v) is 13.7. The number of hydrogen-bond donors (Lipinski definition) is 1. The molecule has 0 radical (unpaired) electrons. The van der Waals surface area contributed by atoms with Crippen LogP contribution in [0.1, 0.15) is 30.5 Å². The van der Waals surface area contributed by atoms with Gasteiger partial charge in [0.25, 0.3) is 0 Å². The highest BCUT2D eigenvalue weighted by atomic mass is 79.9. The maximum atomic E-state index is 5.46. The Morgan fingerprint density at radius 3 is 2.45 bits per heavy atom. The summed E-state index contributed by atoms with van der Waals surface area (Å²) in [7, 11) is 1.71. The molecule has 0 aliphatic rings. The second kappa shape index (κ2) is 6.80. The zero-order chi connectivity index (χ0) is 14.5. The van der Waals surface area contributed by atoms with Crippen LogP contribution in [-0.4, -0.2) is 7.11 Å². The highest BCUT2D eigenvalue weighted by Gasteiger charge is 2.11. The molecule has 106 valence electrons. The molecule has 1 unspecified atom stereocenters. The van der Waals surface area contributed by atoms with Crippen LogP contribution >= 0.6 is 15.9 Å². The number of halogens is 1. The van der Waals surface area contributed by atoms with Gasteiger partial charge < -0.3 is 10.1 Å². The summed E-state index contributed by atoms with van der Waals surface area (Å²) in [5.41, 5.74) is 3.51. The Morgan fingerprint density at radius 2 is 1.85 bits per heavy atom. The molecule has 0 spiro atoms. The number of benzene rings is 2. The molecule has 2 nitrogen and oxygen atoms in total. The lowest BCUT2D eigenvalue weighted by Gasteiger charge is -2.21. The standard InChI is InChI=1S/C17H20BrNO/c1-4-15(13-6-8-14(18)9-7-13)19-16-10-5-12(2)11-17(16)20-3/h5-11,15,19H,4H2,1-3H3. The summed E-state index contributed by atoms with van der Waals surface area (Å²) < 4.78 is 6.56. The first-order valence-corrected chi connectivity index (χ1v) is 7.60. The number of rotatable bonds is 5. The number of aryl methyl sites for hydroxylation is 1. The minimum atomic E-state index is 0.278. The van der Waals surface area contributed by atoms with Crippen molar-refractivity contribution >= 4 is 21.6 Å². The van der Waals surface area contributed by atoms with E-state index < -0.39 is 0 Å². The lowest BCUT2D eigenvalue weighted by atomic mass is 10.0. The first kappa shape index (κ1) is 14.9. The molecule has 2 aromatic carbocycles. The van der Waals surface area contributed by atoms with Gasteiger partial charge in [0.15, 0.2) is 0 Å². The third-order valence-electron chi connectivity index (χ3n) is 3.37. The molecule has 0 aliphatic heterocycles. The van der Waals surface area contributed by atoms with Crippen molar-refractivity contribution in [2.45, 2.75) is 26.3 Å². The lowest BCUT2D eigenvalue weighted by Crippen LogP contribution is -2.10. The summed E-state index contributed by atoms with van der Waals surface area (Å²) in [4.78, 5) is 0. The molecule has 1 N–H and O–H groups in total. The predicted molar refractivity (Wildman–Crippen MR) is 88.5 cm³/mol. The molecular weight excluding hydrogens is 314 g/mol. The van der Waals surface area contributed by atoms with Crippen LogP contribution in [0.25, 0.3) is 0 Å². The van der Waals surface area contributed by atoms with E-state index in [4.69, 9.17) is 4.74 Å². The van der Waals surface area contributed by atoms with Gasteiger partial charge in [-0.2, -0.15) is 0 Å². The van der Waals surface area contributed by atoms with Gasteiger partial charge in [0.2, 0.25) is 0 Å². The Bertz CT molecular complexity index is 566. The molecular formula is C17H20BrNO. The summed E-state index contributed by atoms with van der Waals surface area (Å²) in [5.74, 6) is 0.889. The Balaban J connectivity index is 2.24. The maximum absolute atomic E-state index is 5.46. The summed E-state index contributed by atoms with van der Waals surface area (Å²) >= 11 is 3.47. The molecule has 0 saturated carbocycles. The van der Waals surface area contributed by atoms with Crippen molar-refractivity contribution in [2.24, 2.45) is 0 Å². The highest BCUT2D eigenvalue weighted by molar-refractivity contribution is 9.10. The summed E-state index contributed by atoms with van der Waals surface area (Å²) in [6.07, 6.45) is 1.01. The van der Waals surface area contributed by atoms with E-state index in [1.807, 2.05) is 0 Å². The minimum Gasteiger partial charge on any atom is -0.495 e. The first-order valence-electron chi connectivity index (χ1n) is 6.80. The molecule has 0 saturated heterocycles. The molecule has 3 heteroatoms. The van der Waals surface area contributed by atoms with Gasteiger partial charge in [-0.1, -0.05) is 41.1 Å². The van der Waals surface area contributed by atoms with Crippen LogP contribution in [0.5, 0.6) is 5.75 Å². The zero-order valence-electron chi connectivity index (χ0n) is 12.1. The van der Waals surface area contributed by atoms with Crippen molar-refractivity contribution in [1.29, 1.82) is 0 Å².